The molecule has 0 unspecified atom stereocenters. The third kappa shape index (κ3) is 4.16. The van der Waals surface area contributed by atoms with Gasteiger partial charge in [-0.1, -0.05) is 13.3 Å². The van der Waals surface area contributed by atoms with Gasteiger partial charge in [0.05, 0.1) is 0 Å². The number of rotatable bonds is 5. The van der Waals surface area contributed by atoms with Gasteiger partial charge in [0.2, 0.25) is 0 Å². The number of aromatic nitrogens is 2. The van der Waals surface area contributed by atoms with Crippen LogP contribution in [0.3, 0.4) is 0 Å². The number of unbranched alkanes of at least 4 members (excludes halogenated alkanes) is 1. The molecule has 5 heteroatoms. The molecule has 1 fully saturated rings. The third-order valence-electron chi connectivity index (χ3n) is 3.92. The molecule has 2 rings (SSSR count). The van der Waals surface area contributed by atoms with Gasteiger partial charge in [-0.3, -0.25) is 4.79 Å². The van der Waals surface area contributed by atoms with Crippen molar-refractivity contribution in [1.29, 1.82) is 0 Å². The van der Waals surface area contributed by atoms with Gasteiger partial charge in [0.1, 0.15) is 17.3 Å². The van der Waals surface area contributed by atoms with Gasteiger partial charge in [0.25, 0.3) is 5.91 Å². The van der Waals surface area contributed by atoms with Crippen LogP contribution in [-0.2, 0) is 0 Å². The van der Waals surface area contributed by atoms with E-state index in [1.807, 2.05) is 24.9 Å². The largest absolute Gasteiger partial charge is 0.360 e. The first-order valence-electron chi connectivity index (χ1n) is 7.98. The van der Waals surface area contributed by atoms with Crippen LogP contribution in [0.5, 0.6) is 0 Å². The van der Waals surface area contributed by atoms with Crippen LogP contribution >= 0.6 is 0 Å². The average molecular weight is 290 g/mol. The molecule has 2 heterocycles. The molecule has 1 aliphatic rings. The normalized spacial score (nSPS) is 15.1. The van der Waals surface area contributed by atoms with Crippen LogP contribution in [0.25, 0.3) is 0 Å². The molecule has 0 atom stereocenters. The topological polar surface area (TPSA) is 49.3 Å². The number of likely N-dealkylation sites (tertiary alicyclic amines) is 1. The molecule has 0 saturated carbocycles. The Morgan fingerprint density at radius 2 is 2.00 bits per heavy atom. The van der Waals surface area contributed by atoms with E-state index < -0.39 is 0 Å². The maximum atomic E-state index is 12.6. The van der Waals surface area contributed by atoms with Gasteiger partial charge in [-0.25, -0.2) is 9.97 Å². The van der Waals surface area contributed by atoms with E-state index >= 15 is 0 Å². The molecule has 0 bridgehead atoms. The van der Waals surface area contributed by atoms with Gasteiger partial charge in [-0.2, -0.15) is 0 Å². The molecule has 0 aromatic carbocycles. The Morgan fingerprint density at radius 1 is 1.29 bits per heavy atom. The zero-order valence-corrected chi connectivity index (χ0v) is 13.4. The van der Waals surface area contributed by atoms with E-state index in [0.717, 1.165) is 51.1 Å². The number of amides is 1. The van der Waals surface area contributed by atoms with E-state index in [-0.39, 0.29) is 5.91 Å². The van der Waals surface area contributed by atoms with Crippen LogP contribution in [-0.4, -0.2) is 47.5 Å². The van der Waals surface area contributed by atoms with Gasteiger partial charge in [0, 0.05) is 32.7 Å². The molecule has 0 N–H and O–H groups in total. The predicted molar refractivity (Wildman–Crippen MR) is 84.7 cm³/mol. The van der Waals surface area contributed by atoms with E-state index in [2.05, 4.69) is 21.8 Å². The highest BCUT2D eigenvalue weighted by Crippen LogP contribution is 2.16. The summed E-state index contributed by atoms with van der Waals surface area (Å²) in [5, 5.41) is 0. The minimum Gasteiger partial charge on any atom is -0.360 e. The van der Waals surface area contributed by atoms with Crippen molar-refractivity contribution in [3.05, 3.63) is 17.6 Å². The molecular weight excluding hydrogens is 264 g/mol. The lowest BCUT2D eigenvalue weighted by atomic mass is 10.1. The Labute approximate surface area is 127 Å². The summed E-state index contributed by atoms with van der Waals surface area (Å²) in [7, 11) is 2.02. The average Bonchev–Trinajstić information content (AvgIpc) is 2.52. The van der Waals surface area contributed by atoms with E-state index in [1.165, 1.54) is 6.42 Å². The van der Waals surface area contributed by atoms with Crippen LogP contribution in [0.1, 0.15) is 55.3 Å². The summed E-state index contributed by atoms with van der Waals surface area (Å²) in [6, 6.07) is 1.83. The fourth-order valence-electron chi connectivity index (χ4n) is 2.63. The van der Waals surface area contributed by atoms with Gasteiger partial charge >= 0.3 is 0 Å². The SMILES string of the molecule is CCCCN(C)c1cc(C(=O)N2CCCCC2)nc(C)n1. The molecular formula is C16H26N4O. The van der Waals surface area contributed by atoms with E-state index in [4.69, 9.17) is 0 Å². The lowest BCUT2D eigenvalue weighted by Gasteiger charge is -2.27. The first kappa shape index (κ1) is 15.7. The minimum absolute atomic E-state index is 0.0466. The highest BCUT2D eigenvalue weighted by Gasteiger charge is 2.20. The summed E-state index contributed by atoms with van der Waals surface area (Å²) >= 11 is 0. The summed E-state index contributed by atoms with van der Waals surface area (Å²) < 4.78 is 0. The Bertz CT molecular complexity index is 483. The number of carbonyl (C=O) groups excluding carboxylic acids is 1. The van der Waals surface area contributed by atoms with Crippen molar-refractivity contribution in [2.75, 3.05) is 31.6 Å². The van der Waals surface area contributed by atoms with Crippen molar-refractivity contribution in [2.45, 2.75) is 46.0 Å². The quantitative estimate of drug-likeness (QED) is 0.836. The number of piperidine rings is 1. The number of carbonyl (C=O) groups is 1. The fourth-order valence-corrected chi connectivity index (χ4v) is 2.63. The predicted octanol–water partition coefficient (Wildman–Crippen LogP) is 2.65. The zero-order valence-electron chi connectivity index (χ0n) is 13.4. The molecule has 1 amide bonds. The summed E-state index contributed by atoms with van der Waals surface area (Å²) in [5.41, 5.74) is 0.530. The van der Waals surface area contributed by atoms with Crippen LogP contribution in [0.15, 0.2) is 6.07 Å². The van der Waals surface area contributed by atoms with Gasteiger partial charge in [-0.05, 0) is 32.6 Å². The van der Waals surface area contributed by atoms with Crippen molar-refractivity contribution in [2.24, 2.45) is 0 Å². The Morgan fingerprint density at radius 3 is 2.67 bits per heavy atom. The lowest BCUT2D eigenvalue weighted by Crippen LogP contribution is -2.36. The molecule has 1 aromatic heterocycles. The highest BCUT2D eigenvalue weighted by molar-refractivity contribution is 5.93. The second kappa shape index (κ2) is 7.38. The standard InChI is InChI=1S/C16H26N4O/c1-4-5-9-19(3)15-12-14(17-13(2)18-15)16(21)20-10-7-6-8-11-20/h12H,4-11H2,1-3H3. The zero-order chi connectivity index (χ0) is 15.2. The Balaban J connectivity index is 2.15. The second-order valence-electron chi connectivity index (χ2n) is 5.79. The first-order chi connectivity index (χ1) is 10.1. The van der Waals surface area contributed by atoms with Crippen LogP contribution in [0.2, 0.25) is 0 Å². The second-order valence-corrected chi connectivity index (χ2v) is 5.79. The number of nitrogens with zero attached hydrogens (tertiary/aromatic N) is 4. The number of hydrogen-bond donors (Lipinski definition) is 0. The van der Waals surface area contributed by atoms with Crippen LogP contribution in [0, 0.1) is 6.92 Å². The fraction of sp³-hybridized carbons (Fsp3) is 0.688. The van der Waals surface area contributed by atoms with E-state index in [0.29, 0.717) is 11.5 Å². The van der Waals surface area contributed by atoms with Crippen LogP contribution < -0.4 is 4.90 Å². The first-order valence-corrected chi connectivity index (χ1v) is 7.98. The maximum Gasteiger partial charge on any atom is 0.272 e. The third-order valence-corrected chi connectivity index (χ3v) is 3.92. The maximum absolute atomic E-state index is 12.6. The Kier molecular flexibility index (Phi) is 5.53. The smallest absolute Gasteiger partial charge is 0.272 e. The monoisotopic (exact) mass is 290 g/mol. The minimum atomic E-state index is 0.0466. The molecule has 116 valence electrons. The summed E-state index contributed by atoms with van der Waals surface area (Å²) in [6.45, 7) is 6.67. The van der Waals surface area contributed by atoms with Crippen molar-refractivity contribution in [1.82, 2.24) is 14.9 Å². The molecule has 0 radical (unpaired) electrons. The van der Waals surface area contributed by atoms with E-state index in [9.17, 15) is 4.79 Å². The van der Waals surface area contributed by atoms with Gasteiger partial charge < -0.3 is 9.80 Å². The molecule has 5 nitrogen and oxygen atoms in total. The number of hydrogen-bond acceptors (Lipinski definition) is 4. The molecule has 0 spiro atoms. The van der Waals surface area contributed by atoms with Crippen molar-refractivity contribution >= 4 is 11.7 Å². The summed E-state index contributed by atoms with van der Waals surface area (Å²) in [4.78, 5) is 25.4. The van der Waals surface area contributed by atoms with Gasteiger partial charge in [0.15, 0.2) is 0 Å². The number of anilines is 1. The van der Waals surface area contributed by atoms with E-state index in [1.54, 1.807) is 0 Å². The van der Waals surface area contributed by atoms with Crippen molar-refractivity contribution < 1.29 is 4.79 Å². The van der Waals surface area contributed by atoms with Crippen molar-refractivity contribution in [3.63, 3.8) is 0 Å². The summed E-state index contributed by atoms with van der Waals surface area (Å²) in [6.07, 6.45) is 5.68. The summed E-state index contributed by atoms with van der Waals surface area (Å²) in [5.74, 6) is 1.55. The lowest BCUT2D eigenvalue weighted by molar-refractivity contribution is 0.0718. The molecule has 1 aliphatic heterocycles. The molecule has 21 heavy (non-hydrogen) atoms. The highest BCUT2D eigenvalue weighted by atomic mass is 16.2. The van der Waals surface area contributed by atoms with Crippen molar-refractivity contribution in [3.8, 4) is 0 Å². The van der Waals surface area contributed by atoms with Crippen LogP contribution in [0.4, 0.5) is 5.82 Å². The molecule has 1 saturated heterocycles. The Hall–Kier alpha value is -1.65. The number of aryl methyl sites for hydroxylation is 1. The van der Waals surface area contributed by atoms with Gasteiger partial charge in [-0.15, -0.1) is 0 Å². The molecule has 1 aromatic rings. The molecule has 0 aliphatic carbocycles.